The van der Waals surface area contributed by atoms with Gasteiger partial charge in [0.05, 0.1) is 13.2 Å². The van der Waals surface area contributed by atoms with Gasteiger partial charge in [-0.05, 0) is 12.8 Å². The quantitative estimate of drug-likeness (QED) is 0.593. The van der Waals surface area contributed by atoms with Crippen molar-refractivity contribution in [2.45, 2.75) is 26.7 Å². The monoisotopic (exact) mass is 158 g/mol. The highest BCUT2D eigenvalue weighted by Crippen LogP contribution is 2.22. The number of aliphatic hydroxyl groups is 2. The molecule has 0 aliphatic heterocycles. The lowest BCUT2D eigenvalue weighted by molar-refractivity contribution is 0.0903. The molecule has 2 heteroatoms. The van der Waals surface area contributed by atoms with E-state index in [0.29, 0.717) is 0 Å². The molecule has 66 valence electrons. The van der Waals surface area contributed by atoms with Gasteiger partial charge in [0, 0.05) is 5.41 Å². The SMILES string of the molecule is CC/C=C/C(CC)(CO)CO. The summed E-state index contributed by atoms with van der Waals surface area (Å²) in [4.78, 5) is 0. The second-order valence-corrected chi connectivity index (χ2v) is 2.84. The predicted molar refractivity (Wildman–Crippen MR) is 46.3 cm³/mol. The highest BCUT2D eigenvalue weighted by Gasteiger charge is 2.22. The first-order valence-electron chi connectivity index (χ1n) is 4.14. The van der Waals surface area contributed by atoms with Gasteiger partial charge in [-0.15, -0.1) is 0 Å². The van der Waals surface area contributed by atoms with Gasteiger partial charge in [0.1, 0.15) is 0 Å². The molecular weight excluding hydrogens is 140 g/mol. The van der Waals surface area contributed by atoms with Crippen molar-refractivity contribution in [3.05, 3.63) is 12.2 Å². The van der Waals surface area contributed by atoms with Crippen molar-refractivity contribution in [3.8, 4) is 0 Å². The van der Waals surface area contributed by atoms with Gasteiger partial charge >= 0.3 is 0 Å². The second-order valence-electron chi connectivity index (χ2n) is 2.84. The van der Waals surface area contributed by atoms with Crippen molar-refractivity contribution >= 4 is 0 Å². The molecule has 0 rings (SSSR count). The lowest BCUT2D eigenvalue weighted by Crippen LogP contribution is -2.26. The van der Waals surface area contributed by atoms with E-state index in [-0.39, 0.29) is 13.2 Å². The Morgan fingerprint density at radius 3 is 2.00 bits per heavy atom. The Kier molecular flexibility index (Phi) is 5.16. The smallest absolute Gasteiger partial charge is 0.0544 e. The molecule has 0 fully saturated rings. The van der Waals surface area contributed by atoms with E-state index < -0.39 is 5.41 Å². The van der Waals surface area contributed by atoms with Crippen molar-refractivity contribution in [3.63, 3.8) is 0 Å². The summed E-state index contributed by atoms with van der Waals surface area (Å²) in [5.74, 6) is 0. The molecule has 0 bridgehead atoms. The topological polar surface area (TPSA) is 40.5 Å². The molecule has 2 nitrogen and oxygen atoms in total. The van der Waals surface area contributed by atoms with E-state index in [4.69, 9.17) is 10.2 Å². The van der Waals surface area contributed by atoms with E-state index in [2.05, 4.69) is 0 Å². The van der Waals surface area contributed by atoms with Crippen LogP contribution in [0.3, 0.4) is 0 Å². The Hall–Kier alpha value is -0.340. The normalized spacial score (nSPS) is 12.7. The van der Waals surface area contributed by atoms with Crippen LogP contribution in [0.4, 0.5) is 0 Å². The standard InChI is InChI=1S/C9H18O2/c1-3-5-6-9(4-2,7-10)8-11/h5-6,10-11H,3-4,7-8H2,1-2H3/b6-5+. The van der Waals surface area contributed by atoms with Crippen LogP contribution in [0.1, 0.15) is 26.7 Å². The zero-order chi connectivity index (χ0) is 8.74. The first-order valence-corrected chi connectivity index (χ1v) is 4.14. The minimum Gasteiger partial charge on any atom is -0.395 e. The second kappa shape index (κ2) is 5.33. The van der Waals surface area contributed by atoms with Gasteiger partial charge < -0.3 is 10.2 Å². The zero-order valence-corrected chi connectivity index (χ0v) is 7.38. The maximum Gasteiger partial charge on any atom is 0.0544 e. The van der Waals surface area contributed by atoms with Crippen LogP contribution in [0, 0.1) is 5.41 Å². The van der Waals surface area contributed by atoms with E-state index in [1.54, 1.807) is 0 Å². The maximum atomic E-state index is 8.99. The molecule has 0 aromatic carbocycles. The Labute approximate surface area is 68.6 Å². The third-order valence-corrected chi connectivity index (χ3v) is 2.04. The summed E-state index contributed by atoms with van der Waals surface area (Å²) in [5, 5.41) is 18.0. The molecule has 0 saturated heterocycles. The number of hydrogen-bond acceptors (Lipinski definition) is 2. The largest absolute Gasteiger partial charge is 0.395 e. The summed E-state index contributed by atoms with van der Waals surface area (Å²) >= 11 is 0. The fourth-order valence-electron chi connectivity index (χ4n) is 0.865. The van der Waals surface area contributed by atoms with Gasteiger partial charge in [0.2, 0.25) is 0 Å². The molecule has 0 aliphatic rings. The molecule has 0 spiro atoms. The van der Waals surface area contributed by atoms with Gasteiger partial charge in [-0.1, -0.05) is 26.0 Å². The third-order valence-electron chi connectivity index (χ3n) is 2.04. The van der Waals surface area contributed by atoms with Crippen molar-refractivity contribution in [1.82, 2.24) is 0 Å². The summed E-state index contributed by atoms with van der Waals surface area (Å²) in [6.07, 6.45) is 5.61. The van der Waals surface area contributed by atoms with E-state index in [1.807, 2.05) is 26.0 Å². The maximum absolute atomic E-state index is 8.99. The molecule has 0 aliphatic carbocycles. The number of hydrogen-bond donors (Lipinski definition) is 2. The number of allylic oxidation sites excluding steroid dienone is 1. The van der Waals surface area contributed by atoms with Crippen molar-refractivity contribution < 1.29 is 10.2 Å². The minimum atomic E-state index is -0.393. The lowest BCUT2D eigenvalue weighted by atomic mass is 9.86. The summed E-state index contributed by atoms with van der Waals surface area (Å²) in [6.45, 7) is 4.05. The summed E-state index contributed by atoms with van der Waals surface area (Å²) in [5.41, 5.74) is -0.393. The highest BCUT2D eigenvalue weighted by molar-refractivity contribution is 4.98. The van der Waals surface area contributed by atoms with Crippen LogP contribution in [-0.2, 0) is 0 Å². The van der Waals surface area contributed by atoms with Crippen molar-refractivity contribution in [1.29, 1.82) is 0 Å². The molecule has 0 saturated carbocycles. The Morgan fingerprint density at radius 1 is 1.18 bits per heavy atom. The Morgan fingerprint density at radius 2 is 1.73 bits per heavy atom. The molecule has 0 atom stereocenters. The fourth-order valence-corrected chi connectivity index (χ4v) is 0.865. The van der Waals surface area contributed by atoms with E-state index >= 15 is 0 Å². The summed E-state index contributed by atoms with van der Waals surface area (Å²) in [6, 6.07) is 0. The number of aliphatic hydroxyl groups excluding tert-OH is 2. The van der Waals surface area contributed by atoms with Crippen LogP contribution in [0.2, 0.25) is 0 Å². The zero-order valence-electron chi connectivity index (χ0n) is 7.38. The van der Waals surface area contributed by atoms with Crippen molar-refractivity contribution in [2.24, 2.45) is 5.41 Å². The van der Waals surface area contributed by atoms with Crippen LogP contribution in [0.25, 0.3) is 0 Å². The van der Waals surface area contributed by atoms with Gasteiger partial charge in [-0.3, -0.25) is 0 Å². The summed E-state index contributed by atoms with van der Waals surface area (Å²) < 4.78 is 0. The molecular formula is C9H18O2. The molecule has 0 unspecified atom stereocenters. The van der Waals surface area contributed by atoms with Gasteiger partial charge in [0.25, 0.3) is 0 Å². The molecule has 0 aromatic heterocycles. The minimum absolute atomic E-state index is 0.0243. The fraction of sp³-hybridized carbons (Fsp3) is 0.778. The predicted octanol–water partition coefficient (Wildman–Crippen LogP) is 1.33. The average Bonchev–Trinajstić information content (AvgIpc) is 2.08. The summed E-state index contributed by atoms with van der Waals surface area (Å²) in [7, 11) is 0. The van der Waals surface area contributed by atoms with Gasteiger partial charge in [0.15, 0.2) is 0 Å². The lowest BCUT2D eigenvalue weighted by Gasteiger charge is -2.23. The average molecular weight is 158 g/mol. The highest BCUT2D eigenvalue weighted by atomic mass is 16.3. The van der Waals surface area contributed by atoms with Crippen LogP contribution < -0.4 is 0 Å². The van der Waals surface area contributed by atoms with Crippen LogP contribution in [0.5, 0.6) is 0 Å². The first kappa shape index (κ1) is 10.7. The Bertz CT molecular complexity index is 106. The van der Waals surface area contributed by atoms with Gasteiger partial charge in [-0.25, -0.2) is 0 Å². The molecule has 0 radical (unpaired) electrons. The molecule has 0 aromatic rings. The van der Waals surface area contributed by atoms with E-state index in [0.717, 1.165) is 12.8 Å². The number of rotatable bonds is 5. The van der Waals surface area contributed by atoms with Gasteiger partial charge in [-0.2, -0.15) is 0 Å². The first-order chi connectivity index (χ1) is 5.24. The molecule has 0 heterocycles. The molecule has 0 amide bonds. The van der Waals surface area contributed by atoms with Crippen molar-refractivity contribution in [2.75, 3.05) is 13.2 Å². The van der Waals surface area contributed by atoms with Crippen LogP contribution in [0.15, 0.2) is 12.2 Å². The molecule has 2 N–H and O–H groups in total. The van der Waals surface area contributed by atoms with Crippen LogP contribution >= 0.6 is 0 Å². The van der Waals surface area contributed by atoms with E-state index in [1.165, 1.54) is 0 Å². The molecule has 11 heavy (non-hydrogen) atoms. The van der Waals surface area contributed by atoms with Crippen LogP contribution in [-0.4, -0.2) is 23.4 Å². The third kappa shape index (κ3) is 3.04. The van der Waals surface area contributed by atoms with E-state index in [9.17, 15) is 0 Å². The Balaban J connectivity index is 4.16.